The first-order valence-electron chi connectivity index (χ1n) is 8.16. The highest BCUT2D eigenvalue weighted by Gasteiger charge is 2.09. The maximum Gasteiger partial charge on any atom is 0.263 e. The monoisotopic (exact) mass is 384 g/mol. The molecule has 1 amide bonds. The minimum atomic E-state index is -0.438. The zero-order chi connectivity index (χ0) is 19.9. The third-order valence-electron chi connectivity index (χ3n) is 3.67. The Morgan fingerprint density at radius 3 is 2.71 bits per heavy atom. The summed E-state index contributed by atoms with van der Waals surface area (Å²) in [4.78, 5) is 13.1. The molecule has 0 aliphatic heterocycles. The number of aromatic nitrogens is 4. The van der Waals surface area contributed by atoms with Crippen molar-refractivity contribution in [3.8, 4) is 22.9 Å². The summed E-state index contributed by atoms with van der Waals surface area (Å²) in [5, 5.41) is 15.6. The predicted octanol–water partition coefficient (Wildman–Crippen LogP) is 1.65. The zero-order valence-electron chi connectivity index (χ0n) is 15.2. The molecule has 1 heterocycles. The van der Waals surface area contributed by atoms with Crippen molar-refractivity contribution in [3.63, 3.8) is 0 Å². The number of methoxy groups -OCH3 is 2. The largest absolute Gasteiger partial charge is 0.497 e. The molecule has 0 saturated carbocycles. The Balaban J connectivity index is 1.59. The minimum Gasteiger partial charge on any atom is -0.497 e. The number of hydrazone groups is 1. The number of hydrogen-bond acceptors (Lipinski definition) is 7. The van der Waals surface area contributed by atoms with Crippen LogP contribution in [0.5, 0.6) is 11.5 Å². The van der Waals surface area contributed by atoms with Gasteiger partial charge in [-0.05, 0) is 41.6 Å². The van der Waals surface area contributed by atoms with E-state index in [9.17, 15) is 9.18 Å². The molecule has 0 aliphatic carbocycles. The molecule has 0 radical (unpaired) electrons. The highest BCUT2D eigenvalue weighted by atomic mass is 19.1. The molecule has 2 aromatic carbocycles. The van der Waals surface area contributed by atoms with Crippen LogP contribution in [-0.2, 0) is 11.3 Å². The Kier molecular flexibility index (Phi) is 5.90. The SMILES string of the molecule is COc1ccc(C=NNC(=O)Cn2nnc(-c3ccc(F)cc3)n2)c(OC)c1. The van der Waals surface area contributed by atoms with E-state index in [1.807, 2.05) is 0 Å². The van der Waals surface area contributed by atoms with Crippen LogP contribution in [0.2, 0.25) is 0 Å². The molecule has 0 unspecified atom stereocenters. The highest BCUT2D eigenvalue weighted by Crippen LogP contribution is 2.23. The molecule has 10 heteroatoms. The number of benzene rings is 2. The molecule has 0 aliphatic rings. The van der Waals surface area contributed by atoms with Crippen LogP contribution >= 0.6 is 0 Å². The Labute approximate surface area is 159 Å². The molecule has 0 bridgehead atoms. The van der Waals surface area contributed by atoms with Crippen LogP contribution in [0, 0.1) is 5.82 Å². The van der Waals surface area contributed by atoms with Gasteiger partial charge in [0.05, 0.1) is 20.4 Å². The van der Waals surface area contributed by atoms with E-state index in [-0.39, 0.29) is 12.4 Å². The fourth-order valence-corrected chi connectivity index (χ4v) is 2.29. The van der Waals surface area contributed by atoms with E-state index in [0.717, 1.165) is 4.80 Å². The van der Waals surface area contributed by atoms with Gasteiger partial charge in [-0.2, -0.15) is 9.90 Å². The number of rotatable bonds is 7. The minimum absolute atomic E-state index is 0.175. The molecule has 28 heavy (non-hydrogen) atoms. The van der Waals surface area contributed by atoms with Gasteiger partial charge >= 0.3 is 0 Å². The zero-order valence-corrected chi connectivity index (χ0v) is 15.2. The lowest BCUT2D eigenvalue weighted by atomic mass is 10.2. The Hall–Kier alpha value is -3.82. The van der Waals surface area contributed by atoms with Gasteiger partial charge in [0, 0.05) is 17.2 Å². The quantitative estimate of drug-likeness (QED) is 0.491. The van der Waals surface area contributed by atoms with Crippen molar-refractivity contribution in [1.29, 1.82) is 0 Å². The van der Waals surface area contributed by atoms with Crippen molar-refractivity contribution in [2.45, 2.75) is 6.54 Å². The molecular weight excluding hydrogens is 367 g/mol. The molecule has 144 valence electrons. The van der Waals surface area contributed by atoms with Crippen molar-refractivity contribution in [2.24, 2.45) is 5.10 Å². The predicted molar refractivity (Wildman–Crippen MR) is 98.5 cm³/mol. The van der Waals surface area contributed by atoms with E-state index < -0.39 is 5.91 Å². The maximum atomic E-state index is 13.0. The van der Waals surface area contributed by atoms with Crippen molar-refractivity contribution in [2.75, 3.05) is 14.2 Å². The second kappa shape index (κ2) is 8.71. The van der Waals surface area contributed by atoms with Gasteiger partial charge in [-0.15, -0.1) is 10.2 Å². The van der Waals surface area contributed by atoms with E-state index >= 15 is 0 Å². The van der Waals surface area contributed by atoms with Crippen LogP contribution in [0.25, 0.3) is 11.4 Å². The summed E-state index contributed by atoms with van der Waals surface area (Å²) in [5.41, 5.74) is 3.64. The van der Waals surface area contributed by atoms with E-state index in [1.165, 1.54) is 37.6 Å². The number of amides is 1. The summed E-state index contributed by atoms with van der Waals surface area (Å²) >= 11 is 0. The number of tetrazole rings is 1. The Morgan fingerprint density at radius 1 is 1.21 bits per heavy atom. The van der Waals surface area contributed by atoms with E-state index in [4.69, 9.17) is 9.47 Å². The molecule has 3 aromatic rings. The number of nitrogens with one attached hydrogen (secondary N) is 1. The number of nitrogens with zero attached hydrogens (tertiary/aromatic N) is 5. The van der Waals surface area contributed by atoms with E-state index in [2.05, 4.69) is 25.9 Å². The molecule has 9 nitrogen and oxygen atoms in total. The third kappa shape index (κ3) is 4.67. The van der Waals surface area contributed by atoms with Gasteiger partial charge in [0.25, 0.3) is 5.91 Å². The van der Waals surface area contributed by atoms with Crippen LogP contribution in [0.1, 0.15) is 5.56 Å². The number of ether oxygens (including phenoxy) is 2. The normalized spacial score (nSPS) is 10.8. The average molecular weight is 384 g/mol. The maximum absolute atomic E-state index is 13.0. The summed E-state index contributed by atoms with van der Waals surface area (Å²) < 4.78 is 23.3. The topological polar surface area (TPSA) is 104 Å². The standard InChI is InChI=1S/C18H17FN6O3/c1-27-15-8-5-13(16(9-15)28-2)10-20-21-17(26)11-25-23-18(22-24-25)12-3-6-14(19)7-4-12/h3-10H,11H2,1-2H3,(H,21,26). The molecule has 0 saturated heterocycles. The molecule has 0 spiro atoms. The van der Waals surface area contributed by atoms with Gasteiger partial charge in [0.2, 0.25) is 5.82 Å². The smallest absolute Gasteiger partial charge is 0.263 e. The third-order valence-corrected chi connectivity index (χ3v) is 3.67. The molecule has 1 aromatic heterocycles. The number of halogens is 1. The fraction of sp³-hybridized carbons (Fsp3) is 0.167. The lowest BCUT2D eigenvalue weighted by molar-refractivity contribution is -0.122. The molecule has 0 fully saturated rings. The molecule has 0 atom stereocenters. The lowest BCUT2D eigenvalue weighted by Gasteiger charge is -2.06. The second-order valence-corrected chi connectivity index (χ2v) is 5.55. The van der Waals surface area contributed by atoms with Crippen LogP contribution in [-0.4, -0.2) is 46.5 Å². The second-order valence-electron chi connectivity index (χ2n) is 5.55. The number of carbonyl (C=O) groups is 1. The van der Waals surface area contributed by atoms with Crippen LogP contribution in [0.4, 0.5) is 4.39 Å². The van der Waals surface area contributed by atoms with Gasteiger partial charge in [-0.1, -0.05) is 0 Å². The Morgan fingerprint density at radius 2 is 2.00 bits per heavy atom. The highest BCUT2D eigenvalue weighted by molar-refractivity contribution is 5.85. The summed E-state index contributed by atoms with van der Waals surface area (Å²) in [6.07, 6.45) is 1.45. The van der Waals surface area contributed by atoms with Crippen LogP contribution in [0.15, 0.2) is 47.6 Å². The summed E-state index contributed by atoms with van der Waals surface area (Å²) in [7, 11) is 3.09. The summed E-state index contributed by atoms with van der Waals surface area (Å²) in [6, 6.07) is 10.9. The molecule has 3 rings (SSSR count). The first-order chi connectivity index (χ1) is 13.6. The van der Waals surface area contributed by atoms with Gasteiger partial charge in [0.15, 0.2) is 0 Å². The van der Waals surface area contributed by atoms with Crippen molar-refractivity contribution < 1.29 is 18.7 Å². The number of hydrogen-bond donors (Lipinski definition) is 1. The molecule has 1 N–H and O–H groups in total. The van der Waals surface area contributed by atoms with E-state index in [1.54, 1.807) is 25.3 Å². The van der Waals surface area contributed by atoms with Gasteiger partial charge in [0.1, 0.15) is 23.9 Å². The van der Waals surface area contributed by atoms with E-state index in [0.29, 0.717) is 28.5 Å². The first kappa shape index (κ1) is 19.0. The van der Waals surface area contributed by atoms with Crippen LogP contribution < -0.4 is 14.9 Å². The average Bonchev–Trinajstić information content (AvgIpc) is 3.17. The Bertz CT molecular complexity index is 987. The summed E-state index contributed by atoms with van der Waals surface area (Å²) in [6.45, 7) is -0.175. The van der Waals surface area contributed by atoms with Gasteiger partial charge in [-0.3, -0.25) is 4.79 Å². The molecular formula is C18H17FN6O3. The first-order valence-corrected chi connectivity index (χ1v) is 8.16. The van der Waals surface area contributed by atoms with Gasteiger partial charge in [-0.25, -0.2) is 9.82 Å². The van der Waals surface area contributed by atoms with Crippen molar-refractivity contribution >= 4 is 12.1 Å². The van der Waals surface area contributed by atoms with Gasteiger partial charge < -0.3 is 9.47 Å². The number of carbonyl (C=O) groups excluding carboxylic acids is 1. The van der Waals surface area contributed by atoms with Crippen molar-refractivity contribution in [3.05, 3.63) is 53.8 Å². The van der Waals surface area contributed by atoms with Crippen molar-refractivity contribution in [1.82, 2.24) is 25.6 Å². The summed E-state index contributed by atoms with van der Waals surface area (Å²) in [5.74, 6) is 0.694. The van der Waals surface area contributed by atoms with Crippen LogP contribution in [0.3, 0.4) is 0 Å². The fourth-order valence-electron chi connectivity index (χ4n) is 2.29. The lowest BCUT2D eigenvalue weighted by Crippen LogP contribution is -2.24.